The molecule has 12 heavy (non-hydrogen) atoms. The van der Waals surface area contributed by atoms with E-state index in [2.05, 4.69) is 20.9 Å². The monoisotopic (exact) mass is 239 g/mol. The first-order valence-corrected chi connectivity index (χ1v) is 4.25. The second kappa shape index (κ2) is 3.43. The van der Waals surface area contributed by atoms with Crippen LogP contribution in [-0.4, -0.2) is 10.3 Å². The lowest BCUT2D eigenvalue weighted by molar-refractivity contribution is 0.0157. The van der Waals surface area contributed by atoms with Crippen LogP contribution in [0.25, 0.3) is 0 Å². The van der Waals surface area contributed by atoms with Gasteiger partial charge >= 0.3 is 5.92 Å². The van der Waals surface area contributed by atoms with Gasteiger partial charge in [-0.2, -0.15) is 8.78 Å². The van der Waals surface area contributed by atoms with Crippen molar-refractivity contribution in [2.45, 2.75) is 5.92 Å². The molecule has 1 aromatic heterocycles. The van der Waals surface area contributed by atoms with Crippen LogP contribution in [-0.2, 0) is 5.92 Å². The van der Waals surface area contributed by atoms with Crippen LogP contribution in [0.5, 0.6) is 0 Å². The molecule has 0 aliphatic heterocycles. The molecule has 0 amide bonds. The minimum absolute atomic E-state index is 0.631. The number of hydrogen-bond donors (Lipinski definition) is 0. The highest BCUT2D eigenvalue weighted by Gasteiger charge is 2.34. The summed E-state index contributed by atoms with van der Waals surface area (Å²) >= 11 is 2.59. The van der Waals surface area contributed by atoms with Crippen molar-refractivity contribution in [2.24, 2.45) is 0 Å². The maximum absolute atomic E-state index is 12.8. The van der Waals surface area contributed by atoms with E-state index in [9.17, 15) is 13.2 Å². The van der Waals surface area contributed by atoms with Crippen molar-refractivity contribution in [3.8, 4) is 0 Å². The molecule has 1 aromatic rings. The summed E-state index contributed by atoms with van der Waals surface area (Å²) in [6.45, 7) is 0. The topological polar surface area (TPSA) is 12.9 Å². The zero-order chi connectivity index (χ0) is 9.19. The molecule has 0 aromatic carbocycles. The molecule has 5 heteroatoms. The summed E-state index contributed by atoms with van der Waals surface area (Å²) in [5.74, 6) is -4.23. The summed E-state index contributed by atoms with van der Waals surface area (Å²) in [6, 6.07) is 2.22. The van der Waals surface area contributed by atoms with E-state index in [0.717, 1.165) is 12.3 Å². The summed E-state index contributed by atoms with van der Waals surface area (Å²) in [4.78, 5) is 3.27. The zero-order valence-electron chi connectivity index (χ0n) is 5.90. The van der Waals surface area contributed by atoms with Crippen LogP contribution in [0.2, 0.25) is 0 Å². The number of alkyl halides is 3. The van der Waals surface area contributed by atoms with Crippen LogP contribution in [0.3, 0.4) is 0 Å². The summed E-state index contributed by atoms with van der Waals surface area (Å²) < 4.78 is 38.3. The Balaban J connectivity index is 3.10. The molecule has 66 valence electrons. The van der Waals surface area contributed by atoms with Gasteiger partial charge in [0.2, 0.25) is 0 Å². The molecule has 0 spiro atoms. The first-order valence-electron chi connectivity index (χ1n) is 3.12. The van der Waals surface area contributed by atoms with Crippen molar-refractivity contribution >= 4 is 15.9 Å². The molecule has 0 aliphatic carbocycles. The highest BCUT2D eigenvalue weighted by molar-refractivity contribution is 9.09. The van der Waals surface area contributed by atoms with Crippen molar-refractivity contribution in [1.82, 2.24) is 4.98 Å². The van der Waals surface area contributed by atoms with Crippen LogP contribution in [0.1, 0.15) is 5.69 Å². The number of nitrogens with zero attached hydrogens (tertiary/aromatic N) is 1. The summed E-state index contributed by atoms with van der Waals surface area (Å²) in [6.07, 6.45) is 1.13. The van der Waals surface area contributed by atoms with Gasteiger partial charge in [-0.05, 0) is 12.1 Å². The van der Waals surface area contributed by atoms with Crippen molar-refractivity contribution in [3.05, 3.63) is 29.8 Å². The molecule has 0 bridgehead atoms. The van der Waals surface area contributed by atoms with Gasteiger partial charge in [0, 0.05) is 6.20 Å². The van der Waals surface area contributed by atoms with E-state index in [-0.39, 0.29) is 0 Å². The lowest BCUT2D eigenvalue weighted by atomic mass is 10.2. The Bertz CT molecular complexity index is 277. The quantitative estimate of drug-likeness (QED) is 0.724. The Labute approximate surface area is 75.7 Å². The summed E-state index contributed by atoms with van der Waals surface area (Å²) in [5.41, 5.74) is -0.818. The fourth-order valence-corrected chi connectivity index (χ4v) is 0.984. The number of hydrogen-bond acceptors (Lipinski definition) is 1. The predicted octanol–water partition coefficient (Wildman–Crippen LogP) is 2.71. The van der Waals surface area contributed by atoms with Gasteiger partial charge in [0.05, 0.1) is 5.33 Å². The van der Waals surface area contributed by atoms with E-state index in [0.29, 0.717) is 0 Å². The van der Waals surface area contributed by atoms with Crippen LogP contribution < -0.4 is 0 Å². The summed E-state index contributed by atoms with van der Waals surface area (Å²) in [5, 5.41) is -0.631. The minimum atomic E-state index is -3.24. The van der Waals surface area contributed by atoms with Crippen LogP contribution in [0.4, 0.5) is 13.2 Å². The van der Waals surface area contributed by atoms with Gasteiger partial charge in [-0.3, -0.25) is 4.98 Å². The Morgan fingerprint density at radius 2 is 2.17 bits per heavy atom. The van der Waals surface area contributed by atoms with Crippen molar-refractivity contribution in [3.63, 3.8) is 0 Å². The Morgan fingerprint density at radius 1 is 1.50 bits per heavy atom. The summed E-state index contributed by atoms with van der Waals surface area (Å²) in [7, 11) is 0. The van der Waals surface area contributed by atoms with Crippen molar-refractivity contribution < 1.29 is 13.2 Å². The van der Waals surface area contributed by atoms with E-state index in [1.165, 1.54) is 6.07 Å². The fourth-order valence-electron chi connectivity index (χ4n) is 0.718. The van der Waals surface area contributed by atoms with Gasteiger partial charge in [0.1, 0.15) is 5.69 Å². The molecule has 0 radical (unpaired) electrons. The van der Waals surface area contributed by atoms with Gasteiger partial charge in [0.15, 0.2) is 5.82 Å². The lowest BCUT2D eigenvalue weighted by Gasteiger charge is -2.11. The minimum Gasteiger partial charge on any atom is -0.252 e. The normalized spacial score (nSPS) is 11.7. The molecular formula is C7H5BrF3N. The largest absolute Gasteiger partial charge is 0.302 e. The molecule has 0 atom stereocenters. The third-order valence-corrected chi connectivity index (χ3v) is 1.98. The molecule has 1 rings (SSSR count). The highest BCUT2D eigenvalue weighted by Crippen LogP contribution is 2.29. The highest BCUT2D eigenvalue weighted by atomic mass is 79.9. The number of rotatable bonds is 2. The first kappa shape index (κ1) is 9.51. The van der Waals surface area contributed by atoms with E-state index >= 15 is 0 Å². The average Bonchev–Trinajstić information content (AvgIpc) is 2.05. The second-order valence-corrected chi connectivity index (χ2v) is 2.73. The Kier molecular flexibility index (Phi) is 2.72. The molecule has 1 nitrogen and oxygen atoms in total. The SMILES string of the molecule is Fc1cccnc1C(F)(F)CBr. The average molecular weight is 240 g/mol. The number of aromatic nitrogens is 1. The maximum Gasteiger partial charge on any atom is 0.302 e. The maximum atomic E-state index is 12.8. The van der Waals surface area contributed by atoms with E-state index in [1.54, 1.807) is 0 Å². The van der Waals surface area contributed by atoms with E-state index in [1.807, 2.05) is 0 Å². The van der Waals surface area contributed by atoms with Crippen molar-refractivity contribution in [2.75, 3.05) is 5.33 Å². The van der Waals surface area contributed by atoms with Gasteiger partial charge in [-0.1, -0.05) is 15.9 Å². The van der Waals surface area contributed by atoms with E-state index in [4.69, 9.17) is 0 Å². The first-order chi connectivity index (χ1) is 5.58. The molecule has 0 unspecified atom stereocenters. The molecule has 0 saturated carbocycles. The second-order valence-electron chi connectivity index (χ2n) is 2.17. The third-order valence-electron chi connectivity index (χ3n) is 1.27. The third kappa shape index (κ3) is 1.77. The van der Waals surface area contributed by atoms with E-state index < -0.39 is 22.8 Å². The smallest absolute Gasteiger partial charge is 0.252 e. The van der Waals surface area contributed by atoms with Gasteiger partial charge in [-0.25, -0.2) is 4.39 Å². The van der Waals surface area contributed by atoms with Gasteiger partial charge in [0.25, 0.3) is 0 Å². The fraction of sp³-hybridized carbons (Fsp3) is 0.286. The van der Waals surface area contributed by atoms with Crippen LogP contribution in [0, 0.1) is 5.82 Å². The standard InChI is InChI=1S/C7H5BrF3N/c8-4-7(10,11)6-5(9)2-1-3-12-6/h1-3H,4H2. The molecule has 0 saturated heterocycles. The lowest BCUT2D eigenvalue weighted by Crippen LogP contribution is -2.18. The molecule has 0 fully saturated rings. The number of pyridine rings is 1. The predicted molar refractivity (Wildman–Crippen MR) is 41.9 cm³/mol. The molecule has 1 heterocycles. The zero-order valence-corrected chi connectivity index (χ0v) is 7.48. The number of halogens is 4. The molecule has 0 aliphatic rings. The van der Waals surface area contributed by atoms with Gasteiger partial charge < -0.3 is 0 Å². The Hall–Kier alpha value is -0.580. The van der Waals surface area contributed by atoms with Gasteiger partial charge in [-0.15, -0.1) is 0 Å². The molecule has 0 N–H and O–H groups in total. The molecular weight excluding hydrogens is 235 g/mol. The van der Waals surface area contributed by atoms with Crippen LogP contribution >= 0.6 is 15.9 Å². The van der Waals surface area contributed by atoms with Crippen LogP contribution in [0.15, 0.2) is 18.3 Å². The Morgan fingerprint density at radius 3 is 2.67 bits per heavy atom. The van der Waals surface area contributed by atoms with Crippen molar-refractivity contribution in [1.29, 1.82) is 0 Å².